The summed E-state index contributed by atoms with van der Waals surface area (Å²) in [6.45, 7) is 7.22. The average molecular weight is 489 g/mol. The van der Waals surface area contributed by atoms with Gasteiger partial charge in [0.2, 0.25) is 11.8 Å². The van der Waals surface area contributed by atoms with Gasteiger partial charge in [-0.05, 0) is 49.9 Å². The second-order valence-electron chi connectivity index (χ2n) is 8.64. The van der Waals surface area contributed by atoms with E-state index in [-0.39, 0.29) is 12.5 Å². The van der Waals surface area contributed by atoms with Gasteiger partial charge in [0.25, 0.3) is 0 Å². The smallest absolute Gasteiger partial charge is 0.304 e. The average Bonchev–Trinajstić information content (AvgIpc) is 2.78. The zero-order chi connectivity index (χ0) is 25.6. The molecule has 0 bridgehead atoms. The normalized spacial score (nSPS) is 12.4. The van der Waals surface area contributed by atoms with Gasteiger partial charge in [0.1, 0.15) is 12.6 Å². The van der Waals surface area contributed by atoms with Gasteiger partial charge in [-0.2, -0.15) is 12.7 Å². The fraction of sp³-hybridized carbons (Fsp3) is 0.440. The first-order valence-electron chi connectivity index (χ1n) is 11.3. The lowest BCUT2D eigenvalue weighted by Gasteiger charge is -2.34. The van der Waals surface area contributed by atoms with Gasteiger partial charge in [0, 0.05) is 27.7 Å². The number of carbonyl (C=O) groups excluding carboxylic acids is 2. The highest BCUT2D eigenvalue weighted by Gasteiger charge is 2.34. The molecule has 9 heteroatoms. The molecule has 0 unspecified atom stereocenters. The molecule has 34 heavy (non-hydrogen) atoms. The van der Waals surface area contributed by atoms with E-state index in [1.54, 1.807) is 13.0 Å². The Morgan fingerprint density at radius 2 is 1.65 bits per heavy atom. The first-order chi connectivity index (χ1) is 15.9. The molecule has 0 saturated carbocycles. The molecular formula is C25H36N4O4S. The Balaban J connectivity index is 2.55. The maximum absolute atomic E-state index is 13.7. The van der Waals surface area contributed by atoms with Gasteiger partial charge in [-0.1, -0.05) is 48.9 Å². The van der Waals surface area contributed by atoms with Crippen molar-refractivity contribution in [3.05, 3.63) is 64.7 Å². The monoisotopic (exact) mass is 488 g/mol. The first-order valence-corrected chi connectivity index (χ1v) is 12.7. The summed E-state index contributed by atoms with van der Waals surface area (Å²) in [5.41, 5.74) is 3.94. The largest absolute Gasteiger partial charge is 0.357 e. The van der Waals surface area contributed by atoms with Gasteiger partial charge in [0.05, 0.1) is 5.69 Å². The summed E-state index contributed by atoms with van der Waals surface area (Å²) in [6.07, 6.45) is 0.390. The van der Waals surface area contributed by atoms with E-state index in [2.05, 4.69) is 5.32 Å². The molecule has 0 heterocycles. The lowest BCUT2D eigenvalue weighted by Crippen LogP contribution is -2.53. The highest BCUT2D eigenvalue weighted by atomic mass is 32.2. The van der Waals surface area contributed by atoms with Crippen LogP contribution in [-0.4, -0.2) is 63.2 Å². The van der Waals surface area contributed by atoms with Crippen LogP contribution in [0.4, 0.5) is 5.69 Å². The molecule has 1 N–H and O–H groups in total. The number of rotatable bonds is 10. The summed E-state index contributed by atoms with van der Waals surface area (Å²) < 4.78 is 28.8. The molecule has 8 nitrogen and oxygen atoms in total. The summed E-state index contributed by atoms with van der Waals surface area (Å²) >= 11 is 0. The summed E-state index contributed by atoms with van der Waals surface area (Å²) in [7, 11) is 0.413. The second kappa shape index (κ2) is 11.5. The van der Waals surface area contributed by atoms with Gasteiger partial charge in [0.15, 0.2) is 0 Å². The Labute approximate surface area is 203 Å². The third kappa shape index (κ3) is 6.36. The topological polar surface area (TPSA) is 90.0 Å². The summed E-state index contributed by atoms with van der Waals surface area (Å²) in [5, 5.41) is 2.63. The summed E-state index contributed by atoms with van der Waals surface area (Å²) in [5.74, 6) is -0.749. The molecule has 0 aliphatic rings. The number of hydrogen-bond acceptors (Lipinski definition) is 4. The van der Waals surface area contributed by atoms with Crippen LogP contribution < -0.4 is 9.62 Å². The molecule has 1 atom stereocenters. The number of carbonyl (C=O) groups is 2. The third-order valence-electron chi connectivity index (χ3n) is 5.72. The number of nitrogens with one attached hydrogen (secondary N) is 1. The van der Waals surface area contributed by atoms with Crippen LogP contribution in [0, 0.1) is 20.8 Å². The fourth-order valence-electron chi connectivity index (χ4n) is 3.78. The van der Waals surface area contributed by atoms with Gasteiger partial charge < -0.3 is 10.2 Å². The van der Waals surface area contributed by atoms with Crippen molar-refractivity contribution in [3.63, 3.8) is 0 Å². The number of nitrogens with zero attached hydrogens (tertiary/aromatic N) is 3. The molecule has 0 aromatic heterocycles. The van der Waals surface area contributed by atoms with Crippen LogP contribution in [0.1, 0.15) is 35.6 Å². The van der Waals surface area contributed by atoms with Gasteiger partial charge in [-0.3, -0.25) is 9.59 Å². The van der Waals surface area contributed by atoms with E-state index in [1.807, 2.05) is 57.2 Å². The number of hydrogen-bond donors (Lipinski definition) is 1. The van der Waals surface area contributed by atoms with Gasteiger partial charge in [-0.15, -0.1) is 0 Å². The predicted octanol–water partition coefficient (Wildman–Crippen LogP) is 2.78. The zero-order valence-electron chi connectivity index (χ0n) is 21.1. The quantitative estimate of drug-likeness (QED) is 0.557. The molecule has 2 aromatic carbocycles. The van der Waals surface area contributed by atoms with Gasteiger partial charge >= 0.3 is 10.2 Å². The van der Waals surface area contributed by atoms with Crippen molar-refractivity contribution in [2.45, 2.75) is 46.7 Å². The van der Waals surface area contributed by atoms with Crippen LogP contribution >= 0.6 is 0 Å². The number of likely N-dealkylation sites (N-methyl/N-ethyl adjacent to an activating group) is 1. The molecular weight excluding hydrogens is 452 g/mol. The van der Waals surface area contributed by atoms with E-state index in [9.17, 15) is 18.0 Å². The molecule has 0 radical (unpaired) electrons. The lowest BCUT2D eigenvalue weighted by molar-refractivity contribution is -0.140. The molecule has 2 amide bonds. The Morgan fingerprint density at radius 1 is 1.00 bits per heavy atom. The highest BCUT2D eigenvalue weighted by molar-refractivity contribution is 7.90. The molecule has 0 saturated heterocycles. The number of amides is 2. The molecule has 186 valence electrons. The molecule has 0 fully saturated rings. The van der Waals surface area contributed by atoms with Crippen LogP contribution in [-0.2, 0) is 26.3 Å². The van der Waals surface area contributed by atoms with E-state index in [1.165, 1.54) is 26.0 Å². The van der Waals surface area contributed by atoms with E-state index >= 15 is 0 Å². The van der Waals surface area contributed by atoms with Crippen molar-refractivity contribution in [1.82, 2.24) is 14.5 Å². The Kier molecular flexibility index (Phi) is 9.23. The second-order valence-corrected chi connectivity index (χ2v) is 10.7. The van der Waals surface area contributed by atoms with Gasteiger partial charge in [-0.25, -0.2) is 4.31 Å². The van der Waals surface area contributed by atoms with Crippen molar-refractivity contribution in [3.8, 4) is 0 Å². The minimum absolute atomic E-state index is 0.190. The summed E-state index contributed by atoms with van der Waals surface area (Å²) in [6, 6.07) is 12.4. The van der Waals surface area contributed by atoms with Crippen LogP contribution in [0.3, 0.4) is 0 Å². The van der Waals surface area contributed by atoms with E-state index in [4.69, 9.17) is 0 Å². The van der Waals surface area contributed by atoms with Crippen molar-refractivity contribution >= 4 is 27.7 Å². The Hall–Kier alpha value is -2.91. The minimum Gasteiger partial charge on any atom is -0.357 e. The summed E-state index contributed by atoms with van der Waals surface area (Å²) in [4.78, 5) is 27.9. The van der Waals surface area contributed by atoms with Crippen LogP contribution in [0.5, 0.6) is 0 Å². The standard InChI is InChI=1S/C25H36N4O4S/c1-8-22(25(31)26-5)28(16-21-11-9-10-18(2)14-21)24(30)17-29(34(32,33)27(6)7)23-15-19(3)12-13-20(23)4/h9-15,22H,8,16-17H2,1-7H3,(H,26,31)/t22-/m0/s1. The van der Waals surface area contributed by atoms with E-state index in [0.29, 0.717) is 12.1 Å². The molecule has 0 aliphatic carbocycles. The predicted molar refractivity (Wildman–Crippen MR) is 136 cm³/mol. The maximum Gasteiger partial charge on any atom is 0.304 e. The molecule has 0 spiro atoms. The Bertz CT molecular complexity index is 1130. The van der Waals surface area contributed by atoms with Crippen LogP contribution in [0.2, 0.25) is 0 Å². The SMILES string of the molecule is CC[C@@H](C(=O)NC)N(Cc1cccc(C)c1)C(=O)CN(c1cc(C)ccc1C)S(=O)(=O)N(C)C. The minimum atomic E-state index is -3.98. The van der Waals surface area contributed by atoms with Crippen molar-refractivity contribution in [2.24, 2.45) is 0 Å². The number of aryl methyl sites for hydroxylation is 3. The highest BCUT2D eigenvalue weighted by Crippen LogP contribution is 2.26. The zero-order valence-corrected chi connectivity index (χ0v) is 21.9. The van der Waals surface area contributed by atoms with E-state index < -0.39 is 28.7 Å². The van der Waals surface area contributed by atoms with Crippen molar-refractivity contribution < 1.29 is 18.0 Å². The molecule has 0 aliphatic heterocycles. The van der Waals surface area contributed by atoms with Crippen molar-refractivity contribution in [2.75, 3.05) is 32.0 Å². The van der Waals surface area contributed by atoms with Crippen LogP contribution in [0.25, 0.3) is 0 Å². The Morgan fingerprint density at radius 3 is 2.21 bits per heavy atom. The molecule has 2 aromatic rings. The van der Waals surface area contributed by atoms with Crippen LogP contribution in [0.15, 0.2) is 42.5 Å². The third-order valence-corrected chi connectivity index (χ3v) is 7.53. The lowest BCUT2D eigenvalue weighted by atomic mass is 10.1. The first kappa shape index (κ1) is 27.3. The molecule has 2 rings (SSSR count). The van der Waals surface area contributed by atoms with Crippen molar-refractivity contribution in [1.29, 1.82) is 0 Å². The number of anilines is 1. The maximum atomic E-state index is 13.7. The van der Waals surface area contributed by atoms with E-state index in [0.717, 1.165) is 30.9 Å². The fourth-order valence-corrected chi connectivity index (χ4v) is 4.90. The number of benzene rings is 2.